The highest BCUT2D eigenvalue weighted by Gasteiger charge is 2.18. The second-order valence-electron chi connectivity index (χ2n) is 4.69. The lowest BCUT2D eigenvalue weighted by Crippen LogP contribution is -2.39. The second kappa shape index (κ2) is 6.35. The Morgan fingerprint density at radius 1 is 1.50 bits per heavy atom. The molecule has 0 saturated carbocycles. The van der Waals surface area contributed by atoms with E-state index in [9.17, 15) is 4.79 Å². The summed E-state index contributed by atoms with van der Waals surface area (Å²) in [5.74, 6) is 0.492. The predicted octanol–water partition coefficient (Wildman–Crippen LogP) is 0.894. The van der Waals surface area contributed by atoms with Crippen molar-refractivity contribution in [2.24, 2.45) is 5.92 Å². The Bertz CT molecular complexity index is 407. The molecule has 0 aliphatic heterocycles. The molecule has 0 fully saturated rings. The van der Waals surface area contributed by atoms with E-state index in [-0.39, 0.29) is 24.5 Å². The van der Waals surface area contributed by atoms with Crippen molar-refractivity contribution in [1.82, 2.24) is 10.3 Å². The summed E-state index contributed by atoms with van der Waals surface area (Å²) in [5, 5.41) is 11.9. The monoisotopic (exact) mass is 251 g/mol. The van der Waals surface area contributed by atoms with Crippen LogP contribution in [0.5, 0.6) is 0 Å². The van der Waals surface area contributed by atoms with Crippen LogP contribution in [0.25, 0.3) is 0 Å². The maximum atomic E-state index is 12.1. The molecule has 0 aliphatic rings. The molecule has 0 spiro atoms. The summed E-state index contributed by atoms with van der Waals surface area (Å²) < 4.78 is 0. The largest absolute Gasteiger partial charge is 0.396 e. The topological polar surface area (TPSA) is 65.5 Å². The Labute approximate surface area is 108 Å². The quantitative estimate of drug-likeness (QED) is 0.816. The molecule has 1 rings (SSSR count). The summed E-state index contributed by atoms with van der Waals surface area (Å²) in [5.41, 5.74) is 0.541. The van der Waals surface area contributed by atoms with Gasteiger partial charge in [-0.1, -0.05) is 6.92 Å². The van der Waals surface area contributed by atoms with Crippen LogP contribution in [0.1, 0.15) is 24.2 Å². The van der Waals surface area contributed by atoms with Gasteiger partial charge in [-0.15, -0.1) is 0 Å². The Balaban J connectivity index is 2.85. The average Bonchev–Trinajstić information content (AvgIpc) is 2.37. The first-order chi connectivity index (χ1) is 8.47. The van der Waals surface area contributed by atoms with Gasteiger partial charge in [-0.3, -0.25) is 4.79 Å². The van der Waals surface area contributed by atoms with Gasteiger partial charge in [0.05, 0.1) is 5.56 Å². The van der Waals surface area contributed by atoms with Gasteiger partial charge in [-0.25, -0.2) is 4.98 Å². The fourth-order valence-corrected chi connectivity index (χ4v) is 1.52. The zero-order chi connectivity index (χ0) is 13.7. The number of nitrogens with zero attached hydrogens (tertiary/aromatic N) is 2. The van der Waals surface area contributed by atoms with E-state index in [1.54, 1.807) is 23.2 Å². The number of hydrogen-bond acceptors (Lipinski definition) is 4. The Kier molecular flexibility index (Phi) is 5.09. The van der Waals surface area contributed by atoms with E-state index in [1.807, 2.05) is 27.9 Å². The summed E-state index contributed by atoms with van der Waals surface area (Å²) in [6, 6.07) is 3.40. The molecule has 1 heterocycles. The van der Waals surface area contributed by atoms with Gasteiger partial charge in [-0.2, -0.15) is 0 Å². The van der Waals surface area contributed by atoms with Crippen LogP contribution in [0.2, 0.25) is 0 Å². The number of aliphatic hydroxyl groups excluding tert-OH is 1. The van der Waals surface area contributed by atoms with Crippen LogP contribution >= 0.6 is 0 Å². The molecular weight excluding hydrogens is 230 g/mol. The minimum atomic E-state index is -0.167. The maximum Gasteiger partial charge on any atom is 0.255 e. The molecule has 1 amide bonds. The van der Waals surface area contributed by atoms with Crippen molar-refractivity contribution in [2.75, 3.05) is 25.6 Å². The molecular formula is C13H21N3O2. The molecule has 2 N–H and O–H groups in total. The van der Waals surface area contributed by atoms with Crippen molar-refractivity contribution in [3.63, 3.8) is 0 Å². The summed E-state index contributed by atoms with van der Waals surface area (Å²) in [7, 11) is 3.69. The van der Waals surface area contributed by atoms with Gasteiger partial charge < -0.3 is 15.3 Å². The van der Waals surface area contributed by atoms with E-state index in [0.717, 1.165) is 0 Å². The minimum Gasteiger partial charge on any atom is -0.396 e. The molecule has 100 valence electrons. The number of rotatable bonds is 5. The molecule has 0 bridgehead atoms. The van der Waals surface area contributed by atoms with Crippen LogP contribution in [-0.2, 0) is 0 Å². The average molecular weight is 251 g/mol. The molecule has 1 aromatic rings. The number of carbonyl (C=O) groups excluding carboxylic acids is 1. The van der Waals surface area contributed by atoms with Gasteiger partial charge in [0.15, 0.2) is 0 Å². The third-order valence-electron chi connectivity index (χ3n) is 2.96. The first-order valence-corrected chi connectivity index (χ1v) is 6.01. The Morgan fingerprint density at radius 3 is 2.72 bits per heavy atom. The number of pyridine rings is 1. The lowest BCUT2D eigenvalue weighted by atomic mass is 10.0. The number of anilines is 1. The van der Waals surface area contributed by atoms with E-state index in [2.05, 4.69) is 10.3 Å². The van der Waals surface area contributed by atoms with Crippen LogP contribution < -0.4 is 10.2 Å². The van der Waals surface area contributed by atoms with Gasteiger partial charge in [0.25, 0.3) is 5.91 Å². The highest BCUT2D eigenvalue weighted by Crippen LogP contribution is 2.14. The molecule has 2 unspecified atom stereocenters. The number of hydrogen-bond donors (Lipinski definition) is 2. The summed E-state index contributed by atoms with van der Waals surface area (Å²) in [6.45, 7) is 3.82. The molecule has 0 saturated heterocycles. The standard InChI is InChI=1S/C13H21N3O2/c1-9(8-17)10(2)15-13(18)11-6-5-7-14-12(11)16(3)4/h5-7,9-10,17H,8H2,1-4H3,(H,15,18). The van der Waals surface area contributed by atoms with Crippen molar-refractivity contribution in [3.05, 3.63) is 23.9 Å². The lowest BCUT2D eigenvalue weighted by molar-refractivity contribution is 0.0916. The fourth-order valence-electron chi connectivity index (χ4n) is 1.52. The Hall–Kier alpha value is -1.62. The number of aromatic nitrogens is 1. The summed E-state index contributed by atoms with van der Waals surface area (Å²) in [6.07, 6.45) is 1.66. The highest BCUT2D eigenvalue weighted by molar-refractivity contribution is 5.98. The summed E-state index contributed by atoms with van der Waals surface area (Å²) >= 11 is 0. The number of amides is 1. The van der Waals surface area contributed by atoms with Crippen molar-refractivity contribution in [1.29, 1.82) is 0 Å². The van der Waals surface area contributed by atoms with Crippen LogP contribution in [0.15, 0.2) is 18.3 Å². The van der Waals surface area contributed by atoms with E-state index < -0.39 is 0 Å². The molecule has 5 heteroatoms. The number of aliphatic hydroxyl groups is 1. The molecule has 2 atom stereocenters. The fraction of sp³-hybridized carbons (Fsp3) is 0.538. The molecule has 1 aromatic heterocycles. The van der Waals surface area contributed by atoms with E-state index in [4.69, 9.17) is 5.11 Å². The lowest BCUT2D eigenvalue weighted by Gasteiger charge is -2.21. The normalized spacial score (nSPS) is 13.8. The molecule has 18 heavy (non-hydrogen) atoms. The van der Waals surface area contributed by atoms with E-state index in [1.165, 1.54) is 0 Å². The van der Waals surface area contributed by atoms with Crippen LogP contribution in [0.3, 0.4) is 0 Å². The molecule has 5 nitrogen and oxygen atoms in total. The maximum absolute atomic E-state index is 12.1. The second-order valence-corrected chi connectivity index (χ2v) is 4.69. The predicted molar refractivity (Wildman–Crippen MR) is 71.7 cm³/mol. The minimum absolute atomic E-state index is 0.0217. The Morgan fingerprint density at radius 2 is 2.17 bits per heavy atom. The van der Waals surface area contributed by atoms with Crippen molar-refractivity contribution in [3.8, 4) is 0 Å². The van der Waals surface area contributed by atoms with Gasteiger partial charge in [0, 0.05) is 32.9 Å². The molecule has 0 aliphatic carbocycles. The van der Waals surface area contributed by atoms with Gasteiger partial charge in [0.1, 0.15) is 5.82 Å². The van der Waals surface area contributed by atoms with Crippen LogP contribution in [-0.4, -0.2) is 42.7 Å². The van der Waals surface area contributed by atoms with Crippen LogP contribution in [0.4, 0.5) is 5.82 Å². The third kappa shape index (κ3) is 3.43. The van der Waals surface area contributed by atoms with Gasteiger partial charge in [0.2, 0.25) is 0 Å². The van der Waals surface area contributed by atoms with E-state index in [0.29, 0.717) is 11.4 Å². The number of nitrogens with one attached hydrogen (secondary N) is 1. The molecule has 0 aromatic carbocycles. The van der Waals surface area contributed by atoms with Crippen molar-refractivity contribution < 1.29 is 9.90 Å². The molecule has 0 radical (unpaired) electrons. The van der Waals surface area contributed by atoms with Crippen molar-refractivity contribution >= 4 is 11.7 Å². The van der Waals surface area contributed by atoms with E-state index >= 15 is 0 Å². The van der Waals surface area contributed by atoms with Crippen molar-refractivity contribution in [2.45, 2.75) is 19.9 Å². The zero-order valence-corrected chi connectivity index (χ0v) is 11.3. The highest BCUT2D eigenvalue weighted by atomic mass is 16.3. The smallest absolute Gasteiger partial charge is 0.255 e. The summed E-state index contributed by atoms with van der Waals surface area (Å²) in [4.78, 5) is 18.1. The number of carbonyl (C=O) groups is 1. The SMILES string of the molecule is CC(CO)C(C)NC(=O)c1cccnc1N(C)C. The van der Waals surface area contributed by atoms with Gasteiger partial charge in [-0.05, 0) is 25.0 Å². The van der Waals surface area contributed by atoms with Crippen LogP contribution in [0, 0.1) is 5.92 Å². The zero-order valence-electron chi connectivity index (χ0n) is 11.3. The third-order valence-corrected chi connectivity index (χ3v) is 2.96. The van der Waals surface area contributed by atoms with Gasteiger partial charge >= 0.3 is 0 Å². The first-order valence-electron chi connectivity index (χ1n) is 6.01. The first kappa shape index (κ1) is 14.4.